The van der Waals surface area contributed by atoms with Crippen molar-refractivity contribution in [1.29, 1.82) is 0 Å². The standard InChI is InChI=1S/C13H11N3O2/c17-14-10-11-6-8-16(9-7-11)13(15-18)12-4-2-1-3-5-12/h1-10,18H. The summed E-state index contributed by atoms with van der Waals surface area (Å²) in [5.41, 5.74) is 1.47. The molecule has 1 aliphatic heterocycles. The molecular formula is C13H11N3O2. The van der Waals surface area contributed by atoms with E-state index in [1.807, 2.05) is 30.3 Å². The van der Waals surface area contributed by atoms with Crippen LogP contribution < -0.4 is 0 Å². The Hall–Kier alpha value is -2.69. The van der Waals surface area contributed by atoms with Gasteiger partial charge in [0.1, 0.15) is 0 Å². The number of hydrogen-bond acceptors (Lipinski definition) is 4. The van der Waals surface area contributed by atoms with Crippen molar-refractivity contribution in [1.82, 2.24) is 4.90 Å². The van der Waals surface area contributed by atoms with E-state index < -0.39 is 0 Å². The second kappa shape index (κ2) is 5.58. The van der Waals surface area contributed by atoms with Gasteiger partial charge in [0, 0.05) is 18.0 Å². The zero-order valence-corrected chi connectivity index (χ0v) is 9.47. The van der Waals surface area contributed by atoms with Gasteiger partial charge in [-0.1, -0.05) is 35.5 Å². The Morgan fingerprint density at radius 1 is 1.17 bits per heavy atom. The third kappa shape index (κ3) is 2.52. The van der Waals surface area contributed by atoms with Crippen LogP contribution in [-0.2, 0) is 0 Å². The molecule has 0 atom stereocenters. The summed E-state index contributed by atoms with van der Waals surface area (Å²) >= 11 is 0. The van der Waals surface area contributed by atoms with Gasteiger partial charge in [-0.25, -0.2) is 0 Å². The van der Waals surface area contributed by atoms with Crippen LogP contribution in [0.15, 0.2) is 77.0 Å². The molecule has 0 aromatic heterocycles. The smallest absolute Gasteiger partial charge is 0.183 e. The van der Waals surface area contributed by atoms with E-state index in [1.54, 1.807) is 29.5 Å². The van der Waals surface area contributed by atoms with Gasteiger partial charge in [0.25, 0.3) is 0 Å². The minimum atomic E-state index is 0.404. The molecule has 90 valence electrons. The van der Waals surface area contributed by atoms with Crippen LogP contribution in [0, 0.1) is 4.91 Å². The molecule has 2 rings (SSSR count). The van der Waals surface area contributed by atoms with Gasteiger partial charge in [-0.3, -0.25) is 0 Å². The molecule has 1 N–H and O–H groups in total. The number of nitrogens with zero attached hydrogens (tertiary/aromatic N) is 3. The maximum absolute atomic E-state index is 10.1. The van der Waals surface area contributed by atoms with E-state index in [9.17, 15) is 4.91 Å². The number of benzene rings is 1. The Kier molecular flexibility index (Phi) is 3.66. The summed E-state index contributed by atoms with van der Waals surface area (Å²) in [5, 5.41) is 15.1. The summed E-state index contributed by atoms with van der Waals surface area (Å²) in [6.07, 6.45) is 8.01. The minimum absolute atomic E-state index is 0.404. The third-order valence-electron chi connectivity index (χ3n) is 2.43. The minimum Gasteiger partial charge on any atom is -0.409 e. The number of nitroso groups, excluding NO2 is 1. The molecule has 1 aromatic rings. The predicted octanol–water partition coefficient (Wildman–Crippen LogP) is 2.82. The zero-order valence-electron chi connectivity index (χ0n) is 9.47. The van der Waals surface area contributed by atoms with Crippen molar-refractivity contribution >= 4 is 5.84 Å². The fourth-order valence-electron chi connectivity index (χ4n) is 1.57. The lowest BCUT2D eigenvalue weighted by Gasteiger charge is -2.19. The maximum Gasteiger partial charge on any atom is 0.183 e. The molecule has 0 saturated carbocycles. The number of allylic oxidation sites excluding steroid dienone is 3. The topological polar surface area (TPSA) is 65.3 Å². The maximum atomic E-state index is 10.1. The molecule has 0 radical (unpaired) electrons. The van der Waals surface area contributed by atoms with E-state index in [1.165, 1.54) is 6.20 Å². The quantitative estimate of drug-likeness (QED) is 0.284. The summed E-state index contributed by atoms with van der Waals surface area (Å²) in [4.78, 5) is 11.7. The molecule has 18 heavy (non-hydrogen) atoms. The van der Waals surface area contributed by atoms with E-state index in [4.69, 9.17) is 5.21 Å². The molecule has 0 spiro atoms. The zero-order chi connectivity index (χ0) is 12.8. The molecular weight excluding hydrogens is 230 g/mol. The molecule has 0 bridgehead atoms. The van der Waals surface area contributed by atoms with Crippen molar-refractivity contribution in [3.8, 4) is 0 Å². The molecule has 1 aliphatic rings. The average Bonchev–Trinajstić information content (AvgIpc) is 2.43. The highest BCUT2D eigenvalue weighted by Gasteiger charge is 2.11. The van der Waals surface area contributed by atoms with Gasteiger partial charge in [-0.05, 0) is 22.9 Å². The molecule has 5 heteroatoms. The highest BCUT2D eigenvalue weighted by atomic mass is 16.4. The summed E-state index contributed by atoms with van der Waals surface area (Å²) < 4.78 is 0. The molecule has 5 nitrogen and oxygen atoms in total. The number of oxime groups is 1. The van der Waals surface area contributed by atoms with Crippen LogP contribution in [0.5, 0.6) is 0 Å². The van der Waals surface area contributed by atoms with E-state index in [0.717, 1.165) is 5.56 Å². The number of amidine groups is 1. The van der Waals surface area contributed by atoms with Crippen molar-refractivity contribution in [2.24, 2.45) is 10.3 Å². The van der Waals surface area contributed by atoms with Crippen molar-refractivity contribution in [3.63, 3.8) is 0 Å². The van der Waals surface area contributed by atoms with Crippen LogP contribution >= 0.6 is 0 Å². The normalized spacial score (nSPS) is 14.8. The predicted molar refractivity (Wildman–Crippen MR) is 68.8 cm³/mol. The Bertz CT molecular complexity index is 529. The lowest BCUT2D eigenvalue weighted by atomic mass is 10.1. The number of hydrogen-bond donors (Lipinski definition) is 1. The monoisotopic (exact) mass is 241 g/mol. The lowest BCUT2D eigenvalue weighted by molar-refractivity contribution is 0.313. The molecule has 1 heterocycles. The molecule has 1 aromatic carbocycles. The average molecular weight is 241 g/mol. The van der Waals surface area contributed by atoms with Crippen molar-refractivity contribution in [2.75, 3.05) is 0 Å². The molecule has 0 fully saturated rings. The van der Waals surface area contributed by atoms with E-state index in [2.05, 4.69) is 10.3 Å². The molecule has 0 unspecified atom stereocenters. The Morgan fingerprint density at radius 3 is 2.39 bits per heavy atom. The summed E-state index contributed by atoms with van der Waals surface area (Å²) in [6.45, 7) is 0. The fourth-order valence-corrected chi connectivity index (χ4v) is 1.57. The van der Waals surface area contributed by atoms with E-state index in [0.29, 0.717) is 11.4 Å². The van der Waals surface area contributed by atoms with Crippen molar-refractivity contribution in [3.05, 3.63) is 77.1 Å². The Labute approximate surface area is 104 Å². The van der Waals surface area contributed by atoms with Crippen LogP contribution in [0.1, 0.15) is 5.56 Å². The van der Waals surface area contributed by atoms with Gasteiger partial charge < -0.3 is 10.1 Å². The summed E-state index contributed by atoms with van der Waals surface area (Å²) in [5.74, 6) is 0.404. The fraction of sp³-hybridized carbons (Fsp3) is 0. The van der Waals surface area contributed by atoms with Gasteiger partial charge in [0.15, 0.2) is 5.84 Å². The van der Waals surface area contributed by atoms with Crippen LogP contribution in [0.3, 0.4) is 0 Å². The molecule has 0 amide bonds. The first-order valence-electron chi connectivity index (χ1n) is 5.30. The Morgan fingerprint density at radius 2 is 1.83 bits per heavy atom. The number of rotatable bonds is 2. The third-order valence-corrected chi connectivity index (χ3v) is 2.43. The van der Waals surface area contributed by atoms with Gasteiger partial charge >= 0.3 is 0 Å². The molecule has 0 saturated heterocycles. The van der Waals surface area contributed by atoms with E-state index >= 15 is 0 Å². The van der Waals surface area contributed by atoms with Crippen LogP contribution in [0.25, 0.3) is 0 Å². The highest BCUT2D eigenvalue weighted by Crippen LogP contribution is 2.14. The first-order chi connectivity index (χ1) is 8.85. The second-order valence-electron chi connectivity index (χ2n) is 3.56. The van der Waals surface area contributed by atoms with Crippen LogP contribution in [0.2, 0.25) is 0 Å². The van der Waals surface area contributed by atoms with Gasteiger partial charge in [0.2, 0.25) is 0 Å². The van der Waals surface area contributed by atoms with Gasteiger partial charge in [0.05, 0.1) is 6.20 Å². The lowest BCUT2D eigenvalue weighted by Crippen LogP contribution is -2.22. The van der Waals surface area contributed by atoms with Gasteiger partial charge in [-0.2, -0.15) is 0 Å². The van der Waals surface area contributed by atoms with Crippen molar-refractivity contribution < 1.29 is 5.21 Å². The van der Waals surface area contributed by atoms with Crippen LogP contribution in [-0.4, -0.2) is 15.9 Å². The van der Waals surface area contributed by atoms with Gasteiger partial charge in [-0.15, -0.1) is 4.91 Å². The van der Waals surface area contributed by atoms with Crippen molar-refractivity contribution in [2.45, 2.75) is 0 Å². The SMILES string of the molecule is O=NC=C1C=CN(C(=NO)c2ccccc2)C=C1. The van der Waals surface area contributed by atoms with E-state index in [-0.39, 0.29) is 0 Å². The first kappa shape index (κ1) is 11.8. The second-order valence-corrected chi connectivity index (χ2v) is 3.56. The Balaban J connectivity index is 2.23. The van der Waals surface area contributed by atoms with Crippen LogP contribution in [0.4, 0.5) is 0 Å². The summed E-state index contributed by atoms with van der Waals surface area (Å²) in [7, 11) is 0. The summed E-state index contributed by atoms with van der Waals surface area (Å²) in [6, 6.07) is 9.29. The first-order valence-corrected chi connectivity index (χ1v) is 5.30. The molecule has 0 aliphatic carbocycles. The largest absolute Gasteiger partial charge is 0.409 e. The highest BCUT2D eigenvalue weighted by molar-refractivity contribution is 5.99.